The van der Waals surface area contributed by atoms with Gasteiger partial charge in [0.05, 0.1) is 18.6 Å². The smallest absolute Gasteiger partial charge is 0.237 e. The van der Waals surface area contributed by atoms with Gasteiger partial charge >= 0.3 is 0 Å². The maximum atomic E-state index is 12.8. The highest BCUT2D eigenvalue weighted by Gasteiger charge is 2.55. The molecular weight excluding hydrogens is 276 g/mol. The van der Waals surface area contributed by atoms with Crippen LogP contribution < -0.4 is 15.4 Å². The summed E-state index contributed by atoms with van der Waals surface area (Å²) in [5.41, 5.74) is 2.59. The first kappa shape index (κ1) is 13.3. The van der Waals surface area contributed by atoms with Gasteiger partial charge in [-0.15, -0.1) is 0 Å². The van der Waals surface area contributed by atoms with E-state index < -0.39 is 5.41 Å². The van der Waals surface area contributed by atoms with Gasteiger partial charge in [-0.05, 0) is 42.3 Å². The van der Waals surface area contributed by atoms with Crippen molar-refractivity contribution in [2.24, 2.45) is 0 Å². The molecule has 0 unspecified atom stereocenters. The molecule has 1 amide bonds. The lowest BCUT2D eigenvalue weighted by molar-refractivity contribution is -0.121. The molecule has 1 spiro atoms. The molecule has 4 heteroatoms. The number of rotatable bonds is 2. The Morgan fingerprint density at radius 2 is 2.05 bits per heavy atom. The SMILES string of the molecule is COc1cccc([C@@H]2NCC[C@@]23C(=O)Nc2ccccc23)c1. The molecule has 4 nitrogen and oxygen atoms in total. The molecule has 1 fully saturated rings. The maximum Gasteiger partial charge on any atom is 0.237 e. The van der Waals surface area contributed by atoms with Gasteiger partial charge in [0.1, 0.15) is 5.75 Å². The standard InChI is InChI=1S/C18H18N2O2/c1-22-13-6-4-5-12(11-13)16-18(9-10-19-16)14-7-2-3-8-15(14)20-17(18)21/h2-8,11,16,19H,9-10H2,1H3,(H,20,21)/t16-,18-/m0/s1. The Labute approximate surface area is 129 Å². The molecule has 0 saturated carbocycles. The van der Waals surface area contributed by atoms with Crippen LogP contribution in [0.5, 0.6) is 5.75 Å². The fourth-order valence-corrected chi connectivity index (χ4v) is 3.83. The van der Waals surface area contributed by atoms with Crippen molar-refractivity contribution in [3.05, 3.63) is 59.7 Å². The number of hydrogen-bond acceptors (Lipinski definition) is 3. The zero-order valence-electron chi connectivity index (χ0n) is 12.4. The average Bonchev–Trinajstić information content (AvgIpc) is 3.12. The molecule has 2 aliphatic rings. The number of carbonyl (C=O) groups is 1. The first-order valence-corrected chi connectivity index (χ1v) is 7.54. The molecule has 0 aromatic heterocycles. The second kappa shape index (κ2) is 4.85. The van der Waals surface area contributed by atoms with Gasteiger partial charge in [0, 0.05) is 5.69 Å². The van der Waals surface area contributed by atoms with E-state index in [9.17, 15) is 4.79 Å². The highest BCUT2D eigenvalue weighted by atomic mass is 16.5. The van der Waals surface area contributed by atoms with E-state index in [-0.39, 0.29) is 11.9 Å². The van der Waals surface area contributed by atoms with Crippen LogP contribution in [0.15, 0.2) is 48.5 Å². The molecule has 2 heterocycles. The van der Waals surface area contributed by atoms with Crippen LogP contribution in [0.4, 0.5) is 5.69 Å². The van der Waals surface area contributed by atoms with Crippen LogP contribution in [-0.4, -0.2) is 19.6 Å². The Morgan fingerprint density at radius 3 is 2.91 bits per heavy atom. The Kier molecular flexibility index (Phi) is 2.94. The lowest BCUT2D eigenvalue weighted by Crippen LogP contribution is -2.39. The number of ether oxygens (including phenoxy) is 1. The summed E-state index contributed by atoms with van der Waals surface area (Å²) < 4.78 is 5.33. The third-order valence-corrected chi connectivity index (χ3v) is 4.85. The molecule has 2 aromatic rings. The molecule has 2 atom stereocenters. The van der Waals surface area contributed by atoms with Gasteiger partial charge in [-0.1, -0.05) is 30.3 Å². The molecule has 2 aliphatic heterocycles. The van der Waals surface area contributed by atoms with E-state index in [2.05, 4.69) is 22.8 Å². The van der Waals surface area contributed by atoms with Gasteiger partial charge in [-0.25, -0.2) is 0 Å². The first-order valence-electron chi connectivity index (χ1n) is 7.54. The molecule has 2 N–H and O–H groups in total. The molecular formula is C18H18N2O2. The predicted molar refractivity (Wildman–Crippen MR) is 85.1 cm³/mol. The Bertz CT molecular complexity index is 743. The highest BCUT2D eigenvalue weighted by Crippen LogP contribution is 2.51. The summed E-state index contributed by atoms with van der Waals surface area (Å²) in [4.78, 5) is 12.8. The van der Waals surface area contributed by atoms with Crippen molar-refractivity contribution in [2.45, 2.75) is 17.9 Å². The summed E-state index contributed by atoms with van der Waals surface area (Å²) >= 11 is 0. The normalized spacial score (nSPS) is 26.0. The summed E-state index contributed by atoms with van der Waals surface area (Å²) in [7, 11) is 1.66. The van der Waals surface area contributed by atoms with E-state index in [1.54, 1.807) is 7.11 Å². The monoisotopic (exact) mass is 294 g/mol. The van der Waals surface area contributed by atoms with E-state index in [4.69, 9.17) is 4.74 Å². The topological polar surface area (TPSA) is 50.4 Å². The minimum atomic E-state index is -0.525. The Hall–Kier alpha value is -2.33. The number of carbonyl (C=O) groups excluding carboxylic acids is 1. The average molecular weight is 294 g/mol. The van der Waals surface area contributed by atoms with Gasteiger partial charge in [0.25, 0.3) is 0 Å². The molecule has 22 heavy (non-hydrogen) atoms. The third kappa shape index (κ3) is 1.70. The number of hydrogen-bond donors (Lipinski definition) is 2. The number of anilines is 1. The van der Waals surface area contributed by atoms with Crippen molar-refractivity contribution in [3.8, 4) is 5.75 Å². The summed E-state index contributed by atoms with van der Waals surface area (Å²) in [5.74, 6) is 0.902. The fraction of sp³-hybridized carbons (Fsp3) is 0.278. The van der Waals surface area contributed by atoms with Gasteiger partial charge in [0.2, 0.25) is 5.91 Å². The number of nitrogens with one attached hydrogen (secondary N) is 2. The second-order valence-electron chi connectivity index (χ2n) is 5.88. The van der Waals surface area contributed by atoms with E-state index >= 15 is 0 Å². The largest absolute Gasteiger partial charge is 0.497 e. The molecule has 0 radical (unpaired) electrons. The lowest BCUT2D eigenvalue weighted by atomic mass is 9.73. The second-order valence-corrected chi connectivity index (χ2v) is 5.88. The molecule has 4 rings (SSSR count). The number of fused-ring (bicyclic) bond motifs is 2. The maximum absolute atomic E-state index is 12.8. The predicted octanol–water partition coefficient (Wildman–Crippen LogP) is 2.62. The molecule has 1 saturated heterocycles. The van der Waals surface area contributed by atoms with Crippen LogP contribution in [0.2, 0.25) is 0 Å². The van der Waals surface area contributed by atoms with E-state index in [1.165, 1.54) is 0 Å². The fourth-order valence-electron chi connectivity index (χ4n) is 3.83. The van der Waals surface area contributed by atoms with Crippen LogP contribution >= 0.6 is 0 Å². The molecule has 2 aromatic carbocycles. The highest BCUT2D eigenvalue weighted by molar-refractivity contribution is 6.07. The first-order chi connectivity index (χ1) is 10.8. The zero-order chi connectivity index (χ0) is 15.2. The summed E-state index contributed by atoms with van der Waals surface area (Å²) in [6.45, 7) is 0.823. The Morgan fingerprint density at radius 1 is 1.18 bits per heavy atom. The summed E-state index contributed by atoms with van der Waals surface area (Å²) in [5, 5.41) is 6.56. The van der Waals surface area contributed by atoms with Gasteiger partial charge in [0.15, 0.2) is 0 Å². The van der Waals surface area contributed by atoms with Crippen molar-refractivity contribution in [1.29, 1.82) is 0 Å². The zero-order valence-corrected chi connectivity index (χ0v) is 12.4. The van der Waals surface area contributed by atoms with E-state index in [0.29, 0.717) is 0 Å². The van der Waals surface area contributed by atoms with Crippen molar-refractivity contribution in [3.63, 3.8) is 0 Å². The molecule has 0 aliphatic carbocycles. The van der Waals surface area contributed by atoms with Crippen molar-refractivity contribution >= 4 is 11.6 Å². The minimum absolute atomic E-state index is 0.0359. The molecule has 0 bridgehead atoms. The van der Waals surface area contributed by atoms with Gasteiger partial charge in [-0.3, -0.25) is 4.79 Å². The number of benzene rings is 2. The van der Waals surface area contributed by atoms with Gasteiger partial charge in [-0.2, -0.15) is 0 Å². The van der Waals surface area contributed by atoms with Crippen molar-refractivity contribution in [1.82, 2.24) is 5.32 Å². The summed E-state index contributed by atoms with van der Waals surface area (Å²) in [6.07, 6.45) is 0.803. The number of para-hydroxylation sites is 1. The van der Waals surface area contributed by atoms with Crippen LogP contribution in [0.3, 0.4) is 0 Å². The van der Waals surface area contributed by atoms with E-state index in [1.807, 2.05) is 36.4 Å². The Balaban J connectivity index is 1.85. The van der Waals surface area contributed by atoms with Crippen LogP contribution in [0.1, 0.15) is 23.6 Å². The quantitative estimate of drug-likeness (QED) is 0.895. The van der Waals surface area contributed by atoms with Gasteiger partial charge < -0.3 is 15.4 Å². The van der Waals surface area contributed by atoms with Crippen LogP contribution in [-0.2, 0) is 10.2 Å². The molecule has 112 valence electrons. The van der Waals surface area contributed by atoms with Crippen LogP contribution in [0.25, 0.3) is 0 Å². The van der Waals surface area contributed by atoms with E-state index in [0.717, 1.165) is 35.5 Å². The summed E-state index contributed by atoms with van der Waals surface area (Å²) in [6, 6.07) is 15.9. The lowest BCUT2D eigenvalue weighted by Gasteiger charge is -2.29. The van der Waals surface area contributed by atoms with Crippen molar-refractivity contribution < 1.29 is 9.53 Å². The van der Waals surface area contributed by atoms with Crippen LogP contribution in [0, 0.1) is 0 Å². The minimum Gasteiger partial charge on any atom is -0.497 e. The third-order valence-electron chi connectivity index (χ3n) is 4.85. The van der Waals surface area contributed by atoms with Crippen molar-refractivity contribution in [2.75, 3.05) is 19.0 Å². The number of amides is 1. The number of methoxy groups -OCH3 is 1.